The molecule has 0 spiro atoms. The molecule has 25 heavy (non-hydrogen) atoms. The molecule has 7 nitrogen and oxygen atoms in total. The molecule has 1 amide bonds. The molecule has 1 unspecified atom stereocenters. The van der Waals surface area contributed by atoms with Crippen LogP contribution in [0, 0.1) is 6.92 Å². The molecule has 0 aromatic carbocycles. The lowest BCUT2D eigenvalue weighted by molar-refractivity contribution is 0.0578. The summed E-state index contributed by atoms with van der Waals surface area (Å²) in [4.78, 5) is 14.9. The van der Waals surface area contributed by atoms with E-state index in [0.29, 0.717) is 17.1 Å². The second kappa shape index (κ2) is 6.58. The van der Waals surface area contributed by atoms with Gasteiger partial charge in [0.1, 0.15) is 5.69 Å². The normalized spacial score (nSPS) is 17.8. The van der Waals surface area contributed by atoms with Crippen LogP contribution in [0.4, 0.5) is 0 Å². The van der Waals surface area contributed by atoms with Gasteiger partial charge in [0, 0.05) is 18.8 Å². The Hall–Kier alpha value is -2.83. The van der Waals surface area contributed by atoms with Gasteiger partial charge < -0.3 is 9.32 Å². The van der Waals surface area contributed by atoms with Crippen molar-refractivity contribution in [3.05, 3.63) is 48.1 Å². The topological polar surface area (TPSA) is 80.0 Å². The maximum absolute atomic E-state index is 13.0. The Morgan fingerprint density at radius 2 is 2.36 bits per heavy atom. The summed E-state index contributed by atoms with van der Waals surface area (Å²) in [5.41, 5.74) is 2.27. The van der Waals surface area contributed by atoms with Crippen molar-refractivity contribution in [2.45, 2.75) is 38.8 Å². The molecule has 3 aromatic rings. The van der Waals surface area contributed by atoms with Crippen molar-refractivity contribution in [2.75, 3.05) is 6.54 Å². The van der Waals surface area contributed by atoms with Gasteiger partial charge >= 0.3 is 0 Å². The number of amides is 1. The summed E-state index contributed by atoms with van der Waals surface area (Å²) < 4.78 is 7.27. The van der Waals surface area contributed by atoms with Gasteiger partial charge in [0.25, 0.3) is 5.91 Å². The summed E-state index contributed by atoms with van der Waals surface area (Å²) >= 11 is 0. The largest absolute Gasteiger partial charge is 0.463 e. The van der Waals surface area contributed by atoms with E-state index in [9.17, 15) is 4.79 Å². The highest BCUT2D eigenvalue weighted by Crippen LogP contribution is 2.23. The monoisotopic (exact) mass is 339 g/mol. The van der Waals surface area contributed by atoms with Crippen molar-refractivity contribution in [1.29, 1.82) is 0 Å². The third-order valence-corrected chi connectivity index (χ3v) is 4.63. The Labute approximate surface area is 145 Å². The van der Waals surface area contributed by atoms with Gasteiger partial charge in [0.15, 0.2) is 11.5 Å². The van der Waals surface area contributed by atoms with Crippen molar-refractivity contribution in [1.82, 2.24) is 24.9 Å². The second-order valence-corrected chi connectivity index (χ2v) is 6.53. The second-order valence-electron chi connectivity index (χ2n) is 6.53. The van der Waals surface area contributed by atoms with Gasteiger partial charge in [-0.25, -0.2) is 0 Å². The van der Waals surface area contributed by atoms with E-state index in [1.54, 1.807) is 12.3 Å². The van der Waals surface area contributed by atoms with E-state index >= 15 is 0 Å². The Morgan fingerprint density at radius 1 is 1.44 bits per heavy atom. The number of hydrogen-bond acceptors (Lipinski definition) is 4. The van der Waals surface area contributed by atoms with E-state index in [1.807, 2.05) is 41.0 Å². The van der Waals surface area contributed by atoms with Crippen LogP contribution >= 0.6 is 0 Å². The Bertz CT molecular complexity index is 849. The van der Waals surface area contributed by atoms with Crippen LogP contribution in [0.25, 0.3) is 11.5 Å². The summed E-state index contributed by atoms with van der Waals surface area (Å²) in [6, 6.07) is 5.55. The highest BCUT2D eigenvalue weighted by Gasteiger charge is 2.29. The van der Waals surface area contributed by atoms with Crippen LogP contribution < -0.4 is 0 Å². The highest BCUT2D eigenvalue weighted by atomic mass is 16.3. The average Bonchev–Trinajstić information content (AvgIpc) is 3.36. The Balaban J connectivity index is 1.52. The van der Waals surface area contributed by atoms with E-state index in [4.69, 9.17) is 4.42 Å². The summed E-state index contributed by atoms with van der Waals surface area (Å²) in [6.45, 7) is 3.49. The van der Waals surface area contributed by atoms with Crippen LogP contribution in [0.3, 0.4) is 0 Å². The van der Waals surface area contributed by atoms with Crippen molar-refractivity contribution in [3.63, 3.8) is 0 Å². The van der Waals surface area contributed by atoms with Crippen LogP contribution in [-0.2, 0) is 6.54 Å². The molecule has 7 heteroatoms. The first-order chi connectivity index (χ1) is 12.2. The van der Waals surface area contributed by atoms with Crippen LogP contribution in [0.15, 0.2) is 41.3 Å². The van der Waals surface area contributed by atoms with Crippen LogP contribution in [0.1, 0.15) is 35.3 Å². The average molecular weight is 339 g/mol. The smallest absolute Gasteiger partial charge is 0.274 e. The maximum Gasteiger partial charge on any atom is 0.274 e. The first-order valence-corrected chi connectivity index (χ1v) is 8.60. The number of aromatic amines is 1. The zero-order valence-electron chi connectivity index (χ0n) is 14.2. The number of carbonyl (C=O) groups is 1. The molecule has 0 bridgehead atoms. The SMILES string of the molecule is Cc1cnn(CC2CCCCN2C(=O)c2cc(-c3ccco3)[nH]n2)c1. The molecule has 130 valence electrons. The number of aromatic nitrogens is 4. The molecule has 1 aliphatic heterocycles. The molecule has 0 radical (unpaired) electrons. The lowest BCUT2D eigenvalue weighted by Crippen LogP contribution is -2.46. The van der Waals surface area contributed by atoms with E-state index in [2.05, 4.69) is 15.3 Å². The molecule has 1 saturated heterocycles. The minimum absolute atomic E-state index is 0.0392. The van der Waals surface area contributed by atoms with Gasteiger partial charge in [0.2, 0.25) is 0 Å². The molecule has 1 atom stereocenters. The molecule has 0 saturated carbocycles. The standard InChI is InChI=1S/C18H21N5O2/c1-13-10-19-22(11-13)12-14-5-2-3-7-23(14)18(24)16-9-15(20-21-16)17-6-4-8-25-17/h4,6,8-11,14H,2-3,5,7,12H2,1H3,(H,20,21). The van der Waals surface area contributed by atoms with Crippen LogP contribution in [0.2, 0.25) is 0 Å². The van der Waals surface area contributed by atoms with Crippen LogP contribution in [0.5, 0.6) is 0 Å². The van der Waals surface area contributed by atoms with Gasteiger partial charge in [-0.2, -0.15) is 10.2 Å². The van der Waals surface area contributed by atoms with Crippen molar-refractivity contribution >= 4 is 5.91 Å². The van der Waals surface area contributed by atoms with Gasteiger partial charge in [-0.1, -0.05) is 0 Å². The van der Waals surface area contributed by atoms with Crippen LogP contribution in [-0.4, -0.2) is 43.4 Å². The van der Waals surface area contributed by atoms with Crippen molar-refractivity contribution in [3.8, 4) is 11.5 Å². The van der Waals surface area contributed by atoms with Gasteiger partial charge in [0.05, 0.1) is 25.0 Å². The number of H-pyrrole nitrogens is 1. The lowest BCUT2D eigenvalue weighted by atomic mass is 10.0. The highest BCUT2D eigenvalue weighted by molar-refractivity contribution is 5.93. The predicted octanol–water partition coefficient (Wildman–Crippen LogP) is 2.87. The summed E-state index contributed by atoms with van der Waals surface area (Å²) in [5, 5.41) is 11.4. The molecule has 4 heterocycles. The van der Waals surface area contributed by atoms with Gasteiger partial charge in [-0.15, -0.1) is 0 Å². The van der Waals surface area contributed by atoms with E-state index in [0.717, 1.165) is 37.9 Å². The molecular formula is C18H21N5O2. The Kier molecular flexibility index (Phi) is 4.13. The number of aryl methyl sites for hydroxylation is 1. The van der Waals surface area contributed by atoms with Crippen molar-refractivity contribution < 1.29 is 9.21 Å². The molecule has 1 aliphatic rings. The lowest BCUT2D eigenvalue weighted by Gasteiger charge is -2.35. The molecule has 4 rings (SSSR count). The first-order valence-electron chi connectivity index (χ1n) is 8.60. The number of carbonyl (C=O) groups excluding carboxylic acids is 1. The minimum Gasteiger partial charge on any atom is -0.463 e. The predicted molar refractivity (Wildman–Crippen MR) is 91.9 cm³/mol. The number of rotatable bonds is 4. The summed E-state index contributed by atoms with van der Waals surface area (Å²) in [7, 11) is 0. The fourth-order valence-electron chi connectivity index (χ4n) is 3.38. The molecule has 1 N–H and O–H groups in total. The third-order valence-electron chi connectivity index (χ3n) is 4.63. The van der Waals surface area contributed by atoms with E-state index < -0.39 is 0 Å². The number of nitrogens with one attached hydrogen (secondary N) is 1. The Morgan fingerprint density at radius 3 is 3.12 bits per heavy atom. The molecule has 3 aromatic heterocycles. The quantitative estimate of drug-likeness (QED) is 0.792. The number of piperidine rings is 1. The summed E-state index contributed by atoms with van der Waals surface area (Å²) in [5.74, 6) is 0.636. The maximum atomic E-state index is 13.0. The molecular weight excluding hydrogens is 318 g/mol. The number of furan rings is 1. The number of hydrogen-bond donors (Lipinski definition) is 1. The third kappa shape index (κ3) is 3.22. The summed E-state index contributed by atoms with van der Waals surface area (Å²) in [6.07, 6.45) is 8.60. The van der Waals surface area contributed by atoms with E-state index in [1.165, 1.54) is 0 Å². The van der Waals surface area contributed by atoms with Crippen molar-refractivity contribution in [2.24, 2.45) is 0 Å². The van der Waals surface area contributed by atoms with Gasteiger partial charge in [-0.3, -0.25) is 14.6 Å². The minimum atomic E-state index is -0.0392. The number of nitrogens with zero attached hydrogens (tertiary/aromatic N) is 4. The van der Waals surface area contributed by atoms with E-state index in [-0.39, 0.29) is 11.9 Å². The fraction of sp³-hybridized carbons (Fsp3) is 0.389. The zero-order valence-corrected chi connectivity index (χ0v) is 14.2. The first kappa shape index (κ1) is 15.7. The van der Waals surface area contributed by atoms with Gasteiger partial charge in [-0.05, 0) is 43.9 Å². The zero-order chi connectivity index (χ0) is 17.2. The number of likely N-dealkylation sites (tertiary alicyclic amines) is 1. The fourth-order valence-corrected chi connectivity index (χ4v) is 3.38. The molecule has 1 fully saturated rings. The molecule has 0 aliphatic carbocycles.